The van der Waals surface area contributed by atoms with Crippen LogP contribution in [0, 0.1) is 10.8 Å². The van der Waals surface area contributed by atoms with Crippen molar-refractivity contribution in [3.05, 3.63) is 0 Å². The number of carbonyl (C=O) groups excluding carboxylic acids is 2. The third kappa shape index (κ3) is 10.7. The van der Waals surface area contributed by atoms with E-state index in [0.717, 1.165) is 81.4 Å². The van der Waals surface area contributed by atoms with Gasteiger partial charge in [0.2, 0.25) is 0 Å². The minimum Gasteiger partial charge on any atom is -0.381 e. The summed E-state index contributed by atoms with van der Waals surface area (Å²) in [5.41, 5.74) is 0.0596. The van der Waals surface area contributed by atoms with Crippen molar-refractivity contribution in [1.29, 1.82) is 0 Å². The van der Waals surface area contributed by atoms with Gasteiger partial charge >= 0.3 is 12.1 Å². The maximum Gasteiger partial charge on any atom is 0.325 e. The molecule has 0 aromatic carbocycles. The molecule has 2 saturated heterocycles. The molecule has 4 amide bonds. The van der Waals surface area contributed by atoms with E-state index in [1.165, 1.54) is 0 Å². The van der Waals surface area contributed by atoms with Gasteiger partial charge in [0, 0.05) is 53.1 Å². The summed E-state index contributed by atoms with van der Waals surface area (Å²) in [6, 6.07) is 0.0647. The molecule has 0 unspecified atom stereocenters. The fourth-order valence-corrected chi connectivity index (χ4v) is 5.55. The fourth-order valence-electron chi connectivity index (χ4n) is 4.92. The molecule has 0 aliphatic carbocycles. The summed E-state index contributed by atoms with van der Waals surface area (Å²) in [5.74, 6) is 0. The van der Waals surface area contributed by atoms with Gasteiger partial charge in [-0.1, -0.05) is 65.0 Å². The average molecular weight is 571 g/mol. The first-order valence-electron chi connectivity index (χ1n) is 14.2. The molecule has 2 fully saturated rings. The number of carbonyl (C=O) groups is 2. The van der Waals surface area contributed by atoms with Crippen LogP contribution in [-0.4, -0.2) is 108 Å². The lowest BCUT2D eigenvalue weighted by atomic mass is 9.86. The third-order valence-corrected chi connectivity index (χ3v) is 7.97. The van der Waals surface area contributed by atoms with E-state index in [4.69, 9.17) is 33.9 Å². The zero-order chi connectivity index (χ0) is 28.3. The highest BCUT2D eigenvalue weighted by Crippen LogP contribution is 2.28. The normalized spacial score (nSPS) is 17.1. The van der Waals surface area contributed by atoms with Crippen LogP contribution in [0.5, 0.6) is 0 Å². The molecule has 38 heavy (non-hydrogen) atoms. The Hall–Kier alpha value is -1.36. The number of nitrogens with zero attached hydrogens (tertiary/aromatic N) is 4. The van der Waals surface area contributed by atoms with Crippen molar-refractivity contribution in [1.82, 2.24) is 19.6 Å². The van der Waals surface area contributed by atoms with Gasteiger partial charge in [0.25, 0.3) is 0 Å². The van der Waals surface area contributed by atoms with Gasteiger partial charge in [0.05, 0.1) is 13.1 Å². The second-order valence-electron chi connectivity index (χ2n) is 12.2. The molecule has 0 spiro atoms. The van der Waals surface area contributed by atoms with Gasteiger partial charge in [-0.25, -0.2) is 9.59 Å². The van der Waals surface area contributed by atoms with Crippen LogP contribution < -0.4 is 0 Å². The molecule has 2 rings (SSSR count). The Morgan fingerprint density at radius 2 is 1.16 bits per heavy atom. The molecule has 10 heteroatoms. The summed E-state index contributed by atoms with van der Waals surface area (Å²) in [7, 11) is 1.80. The Labute approximate surface area is 241 Å². The first-order chi connectivity index (χ1) is 17.9. The van der Waals surface area contributed by atoms with Crippen LogP contribution >= 0.6 is 24.4 Å². The Morgan fingerprint density at radius 3 is 1.58 bits per heavy atom. The zero-order valence-electron chi connectivity index (χ0n) is 24.6. The van der Waals surface area contributed by atoms with Crippen molar-refractivity contribution in [2.75, 3.05) is 66.2 Å². The summed E-state index contributed by atoms with van der Waals surface area (Å²) >= 11 is 10.8. The summed E-state index contributed by atoms with van der Waals surface area (Å²) in [6.07, 6.45) is 7.14. The van der Waals surface area contributed by atoms with E-state index in [0.29, 0.717) is 32.7 Å². The topological polar surface area (TPSA) is 65.6 Å². The fraction of sp³-hybridized carbons (Fsp3) is 0.857. The second kappa shape index (κ2) is 15.4. The molecule has 0 N–H and O–H groups in total. The Kier molecular flexibility index (Phi) is 13.3. The van der Waals surface area contributed by atoms with E-state index >= 15 is 0 Å². The van der Waals surface area contributed by atoms with Gasteiger partial charge in [-0.3, -0.25) is 9.80 Å². The number of amides is 4. The van der Waals surface area contributed by atoms with Gasteiger partial charge < -0.3 is 19.3 Å². The van der Waals surface area contributed by atoms with Crippen LogP contribution in [0.4, 0.5) is 9.59 Å². The van der Waals surface area contributed by atoms with E-state index < -0.39 is 0 Å². The molecule has 0 radical (unpaired) electrons. The molecule has 0 aromatic heterocycles. The lowest BCUT2D eigenvalue weighted by molar-refractivity contribution is 0.0774. The van der Waals surface area contributed by atoms with Crippen LogP contribution in [0.25, 0.3) is 0 Å². The minimum atomic E-state index is 0.0152. The van der Waals surface area contributed by atoms with Crippen molar-refractivity contribution in [2.24, 2.45) is 10.8 Å². The summed E-state index contributed by atoms with van der Waals surface area (Å²) in [6.45, 7) is 16.9. The van der Waals surface area contributed by atoms with Crippen molar-refractivity contribution >= 4 is 46.5 Å². The van der Waals surface area contributed by atoms with Crippen LogP contribution in [-0.2, 0) is 9.47 Å². The molecule has 2 aliphatic heterocycles. The molecule has 0 atom stereocenters. The SMILES string of the molecule is CCN1CC(=S)N(CC(C)(C)CCCCOCCCOCCCCC(C)(C)CN2C(=O)N(C)CC2=S)C1=O. The lowest BCUT2D eigenvalue weighted by Crippen LogP contribution is -2.39. The van der Waals surface area contributed by atoms with Gasteiger partial charge in [-0.2, -0.15) is 0 Å². The summed E-state index contributed by atoms with van der Waals surface area (Å²) in [5, 5.41) is 0. The number of likely N-dealkylation sites (N-methyl/N-ethyl adjacent to an activating group) is 2. The summed E-state index contributed by atoms with van der Waals surface area (Å²) < 4.78 is 11.6. The molecule has 0 bridgehead atoms. The molecule has 218 valence electrons. The van der Waals surface area contributed by atoms with E-state index in [1.807, 2.05) is 6.92 Å². The van der Waals surface area contributed by atoms with Gasteiger partial charge in [0.15, 0.2) is 0 Å². The van der Waals surface area contributed by atoms with Crippen molar-refractivity contribution < 1.29 is 19.1 Å². The van der Waals surface area contributed by atoms with Crippen molar-refractivity contribution in [2.45, 2.75) is 79.6 Å². The predicted molar refractivity (Wildman–Crippen MR) is 161 cm³/mol. The Bertz CT molecular complexity index is 821. The number of thiocarbonyl (C=S) groups is 2. The predicted octanol–water partition coefficient (Wildman–Crippen LogP) is 5.58. The number of hydrogen-bond donors (Lipinski definition) is 0. The molecule has 8 nitrogen and oxygen atoms in total. The first-order valence-corrected chi connectivity index (χ1v) is 15.0. The number of hydrogen-bond acceptors (Lipinski definition) is 6. The summed E-state index contributed by atoms with van der Waals surface area (Å²) in [4.78, 5) is 33.1. The van der Waals surface area contributed by atoms with Crippen LogP contribution in [0.1, 0.15) is 79.6 Å². The Morgan fingerprint density at radius 1 is 0.711 bits per heavy atom. The molecule has 2 heterocycles. The average Bonchev–Trinajstić information content (AvgIpc) is 3.24. The van der Waals surface area contributed by atoms with Crippen molar-refractivity contribution in [3.63, 3.8) is 0 Å². The maximum absolute atomic E-state index is 12.4. The van der Waals surface area contributed by atoms with E-state index in [1.54, 1.807) is 26.6 Å². The lowest BCUT2D eigenvalue weighted by Gasteiger charge is -2.30. The highest BCUT2D eigenvalue weighted by atomic mass is 32.1. The van der Waals surface area contributed by atoms with E-state index in [-0.39, 0.29) is 22.9 Å². The Balaban J connectivity index is 1.43. The van der Waals surface area contributed by atoms with Crippen LogP contribution in [0.3, 0.4) is 0 Å². The highest BCUT2D eigenvalue weighted by molar-refractivity contribution is 7.80. The minimum absolute atomic E-state index is 0.0152. The number of ether oxygens (including phenoxy) is 2. The number of unbranched alkanes of at least 4 members (excludes halogenated alkanes) is 2. The van der Waals surface area contributed by atoms with Gasteiger partial charge in [-0.05, 0) is 49.9 Å². The molecule has 0 aromatic rings. The highest BCUT2D eigenvalue weighted by Gasteiger charge is 2.36. The quantitative estimate of drug-likeness (QED) is 0.149. The monoisotopic (exact) mass is 570 g/mol. The number of urea groups is 2. The van der Waals surface area contributed by atoms with E-state index in [9.17, 15) is 9.59 Å². The van der Waals surface area contributed by atoms with Gasteiger partial charge in [-0.15, -0.1) is 0 Å². The third-order valence-electron chi connectivity index (χ3n) is 7.28. The second-order valence-corrected chi connectivity index (χ2v) is 13.2. The smallest absolute Gasteiger partial charge is 0.325 e. The van der Waals surface area contributed by atoms with Crippen LogP contribution in [0.2, 0.25) is 0 Å². The molecular formula is C28H50N4O4S2. The van der Waals surface area contributed by atoms with Crippen molar-refractivity contribution in [3.8, 4) is 0 Å². The first kappa shape index (κ1) is 32.8. The largest absolute Gasteiger partial charge is 0.381 e. The molecule has 2 aliphatic rings. The molecule has 0 saturated carbocycles. The van der Waals surface area contributed by atoms with Gasteiger partial charge in [0.1, 0.15) is 9.98 Å². The number of rotatable bonds is 19. The maximum atomic E-state index is 12.4. The van der Waals surface area contributed by atoms with Crippen LogP contribution in [0.15, 0.2) is 0 Å². The zero-order valence-corrected chi connectivity index (χ0v) is 26.2. The van der Waals surface area contributed by atoms with E-state index in [2.05, 4.69) is 27.7 Å². The standard InChI is InChI=1S/C28H50N4O4S2/c1-7-30-20-24(38)32(26(30)34)22-28(4,5)14-9-11-16-36-18-12-17-35-15-10-8-13-27(2,3)21-31-23(37)19-29(6)25(31)33/h7-22H2,1-6H3. The molecular weight excluding hydrogens is 520 g/mol.